The Kier molecular flexibility index (Phi) is 5.05. The van der Waals surface area contributed by atoms with Crippen LogP contribution in [-0.4, -0.2) is 26.7 Å². The topological polar surface area (TPSA) is 64.6 Å². The molecule has 5 nitrogen and oxygen atoms in total. The van der Waals surface area contributed by atoms with Crippen LogP contribution in [0.3, 0.4) is 0 Å². The average Bonchev–Trinajstić information content (AvgIpc) is 2.77. The molecule has 0 spiro atoms. The predicted molar refractivity (Wildman–Crippen MR) is 104 cm³/mol. The summed E-state index contributed by atoms with van der Waals surface area (Å²) in [6, 6.07) is 10.1. The average molecular weight is 412 g/mol. The van der Waals surface area contributed by atoms with Gasteiger partial charge < -0.3 is 9.31 Å². The number of hydrogen-bond donors (Lipinski definition) is 1. The summed E-state index contributed by atoms with van der Waals surface area (Å²) in [5.74, 6) is -0.738. The second-order valence-electron chi connectivity index (χ2n) is 7.36. The van der Waals surface area contributed by atoms with Gasteiger partial charge in [0, 0.05) is 0 Å². The second kappa shape index (κ2) is 6.77. The van der Waals surface area contributed by atoms with Crippen LogP contribution in [0.5, 0.6) is 0 Å². The Morgan fingerprint density at radius 3 is 2.19 bits per heavy atom. The minimum atomic E-state index is -4.02. The predicted octanol–water partition coefficient (Wildman–Crippen LogP) is 3.58. The second-order valence-corrected chi connectivity index (χ2v) is 9.42. The van der Waals surface area contributed by atoms with Gasteiger partial charge in [-0.25, -0.2) is 12.8 Å². The van der Waals surface area contributed by atoms with E-state index in [0.717, 1.165) is 0 Å². The van der Waals surface area contributed by atoms with E-state index in [-0.39, 0.29) is 15.6 Å². The first-order valence-electron chi connectivity index (χ1n) is 8.35. The Bertz CT molecular complexity index is 965. The summed E-state index contributed by atoms with van der Waals surface area (Å²) in [6.45, 7) is 7.59. The number of rotatable bonds is 4. The van der Waals surface area contributed by atoms with Gasteiger partial charge in [-0.1, -0.05) is 29.8 Å². The number of nitrogens with one attached hydrogen (secondary N) is 1. The van der Waals surface area contributed by atoms with E-state index in [1.54, 1.807) is 12.1 Å². The number of sulfonamides is 1. The van der Waals surface area contributed by atoms with Crippen LogP contribution in [0.1, 0.15) is 27.7 Å². The van der Waals surface area contributed by atoms with Crippen molar-refractivity contribution >= 4 is 39.9 Å². The lowest BCUT2D eigenvalue weighted by atomic mass is 9.79. The minimum absolute atomic E-state index is 0.0549. The van der Waals surface area contributed by atoms with E-state index in [4.69, 9.17) is 20.9 Å². The van der Waals surface area contributed by atoms with Crippen LogP contribution in [0.15, 0.2) is 47.4 Å². The lowest BCUT2D eigenvalue weighted by Gasteiger charge is -2.32. The Morgan fingerprint density at radius 2 is 1.63 bits per heavy atom. The van der Waals surface area contributed by atoms with Gasteiger partial charge in [0.05, 0.1) is 21.9 Å². The molecule has 1 aliphatic heterocycles. The molecular weight excluding hydrogens is 392 g/mol. The zero-order valence-corrected chi connectivity index (χ0v) is 17.0. The molecule has 0 bridgehead atoms. The van der Waals surface area contributed by atoms with Gasteiger partial charge >= 0.3 is 7.12 Å². The molecule has 27 heavy (non-hydrogen) atoms. The van der Waals surface area contributed by atoms with Gasteiger partial charge in [-0.05, 0) is 57.4 Å². The smallest absolute Gasteiger partial charge is 0.399 e. The number of hydrogen-bond acceptors (Lipinski definition) is 4. The van der Waals surface area contributed by atoms with Crippen molar-refractivity contribution in [3.05, 3.63) is 53.3 Å². The van der Waals surface area contributed by atoms with Crippen LogP contribution >= 0.6 is 11.6 Å². The van der Waals surface area contributed by atoms with Crippen molar-refractivity contribution in [1.29, 1.82) is 0 Å². The maximum atomic E-state index is 14.6. The van der Waals surface area contributed by atoms with Crippen LogP contribution in [-0.2, 0) is 19.3 Å². The summed E-state index contributed by atoms with van der Waals surface area (Å²) in [6.07, 6.45) is 0. The van der Waals surface area contributed by atoms with Crippen molar-refractivity contribution < 1.29 is 22.1 Å². The fourth-order valence-corrected chi connectivity index (χ4v) is 4.19. The largest absolute Gasteiger partial charge is 0.494 e. The van der Waals surface area contributed by atoms with E-state index >= 15 is 0 Å². The highest BCUT2D eigenvalue weighted by Gasteiger charge is 2.51. The van der Waals surface area contributed by atoms with Gasteiger partial charge in [0.25, 0.3) is 10.0 Å². The normalized spacial score (nSPS) is 18.5. The Morgan fingerprint density at radius 1 is 1.04 bits per heavy atom. The summed E-state index contributed by atoms with van der Waals surface area (Å²) in [4.78, 5) is -0.124. The maximum absolute atomic E-state index is 14.6. The van der Waals surface area contributed by atoms with E-state index in [1.807, 2.05) is 27.7 Å². The molecule has 2 aromatic carbocycles. The molecule has 0 aromatic heterocycles. The third kappa shape index (κ3) is 3.85. The maximum Gasteiger partial charge on any atom is 0.494 e. The number of anilines is 1. The summed E-state index contributed by atoms with van der Waals surface area (Å²) < 4.78 is 53.5. The third-order valence-electron chi connectivity index (χ3n) is 4.89. The molecular formula is C18H20BClFNO4S. The third-order valence-corrected chi connectivity index (χ3v) is 6.75. The van der Waals surface area contributed by atoms with Crippen LogP contribution < -0.4 is 10.2 Å². The molecule has 144 valence electrons. The summed E-state index contributed by atoms with van der Waals surface area (Å²) >= 11 is 5.93. The molecule has 0 amide bonds. The van der Waals surface area contributed by atoms with Crippen molar-refractivity contribution in [2.24, 2.45) is 0 Å². The van der Waals surface area contributed by atoms with E-state index in [1.165, 1.54) is 30.3 Å². The van der Waals surface area contributed by atoms with E-state index in [2.05, 4.69) is 4.72 Å². The molecule has 1 fully saturated rings. The summed E-state index contributed by atoms with van der Waals surface area (Å²) in [5.41, 5.74) is -0.835. The van der Waals surface area contributed by atoms with Crippen LogP contribution in [0.2, 0.25) is 5.02 Å². The number of benzene rings is 2. The summed E-state index contributed by atoms with van der Waals surface area (Å²) in [5, 5.41) is 0.0549. The van der Waals surface area contributed by atoms with Crippen LogP contribution in [0, 0.1) is 5.82 Å². The first-order valence-corrected chi connectivity index (χ1v) is 10.2. The molecule has 1 aliphatic rings. The van der Waals surface area contributed by atoms with E-state index in [0.29, 0.717) is 5.46 Å². The van der Waals surface area contributed by atoms with Crippen molar-refractivity contribution in [3.63, 3.8) is 0 Å². The van der Waals surface area contributed by atoms with E-state index < -0.39 is 34.2 Å². The SMILES string of the molecule is CC1(C)OB(c2ccc(NS(=O)(=O)c3ccccc3Cl)c(F)c2)OC1(C)C. The Hall–Kier alpha value is -1.61. The lowest BCUT2D eigenvalue weighted by Crippen LogP contribution is -2.41. The molecule has 1 saturated heterocycles. The van der Waals surface area contributed by atoms with Crippen molar-refractivity contribution in [3.8, 4) is 0 Å². The standard InChI is InChI=1S/C18H20BClFNO4S/c1-17(2)18(3,4)26-19(25-17)12-9-10-15(14(21)11-12)22-27(23,24)16-8-6-5-7-13(16)20/h5-11,22H,1-4H3. The Balaban J connectivity index is 1.85. The highest BCUT2D eigenvalue weighted by molar-refractivity contribution is 7.92. The molecule has 1 N–H and O–H groups in total. The molecule has 0 saturated carbocycles. The summed E-state index contributed by atoms with van der Waals surface area (Å²) in [7, 11) is -4.76. The highest BCUT2D eigenvalue weighted by atomic mass is 35.5. The zero-order chi connectivity index (χ0) is 20.0. The van der Waals surface area contributed by atoms with Gasteiger partial charge in [-0.2, -0.15) is 0 Å². The first-order chi connectivity index (χ1) is 12.4. The monoisotopic (exact) mass is 411 g/mol. The molecule has 0 radical (unpaired) electrons. The fraction of sp³-hybridized carbons (Fsp3) is 0.333. The Labute approximate surface area is 164 Å². The van der Waals surface area contributed by atoms with Gasteiger partial charge in [0.1, 0.15) is 10.7 Å². The molecule has 3 rings (SSSR count). The van der Waals surface area contributed by atoms with Crippen LogP contribution in [0.4, 0.5) is 10.1 Å². The molecule has 0 atom stereocenters. The van der Waals surface area contributed by atoms with Gasteiger partial charge in [-0.3, -0.25) is 4.72 Å². The molecule has 9 heteroatoms. The molecule has 0 aliphatic carbocycles. The quantitative estimate of drug-likeness (QED) is 0.781. The highest BCUT2D eigenvalue weighted by Crippen LogP contribution is 2.36. The fourth-order valence-electron chi connectivity index (χ4n) is 2.60. The van der Waals surface area contributed by atoms with Crippen molar-refractivity contribution in [2.75, 3.05) is 4.72 Å². The zero-order valence-electron chi connectivity index (χ0n) is 15.4. The molecule has 0 unspecified atom stereocenters. The lowest BCUT2D eigenvalue weighted by molar-refractivity contribution is 0.00578. The minimum Gasteiger partial charge on any atom is -0.399 e. The van der Waals surface area contributed by atoms with Crippen LogP contribution in [0.25, 0.3) is 0 Å². The van der Waals surface area contributed by atoms with Gasteiger partial charge in [-0.15, -0.1) is 0 Å². The molecule has 1 heterocycles. The number of halogens is 2. The first kappa shape index (κ1) is 20.1. The van der Waals surface area contributed by atoms with Gasteiger partial charge in [0.15, 0.2) is 0 Å². The van der Waals surface area contributed by atoms with Gasteiger partial charge in [0.2, 0.25) is 0 Å². The molecule has 2 aromatic rings. The van der Waals surface area contributed by atoms with Crippen molar-refractivity contribution in [2.45, 2.75) is 43.8 Å². The van der Waals surface area contributed by atoms with Crippen molar-refractivity contribution in [1.82, 2.24) is 0 Å². The van der Waals surface area contributed by atoms with E-state index in [9.17, 15) is 12.8 Å².